The van der Waals surface area contributed by atoms with Gasteiger partial charge in [-0.15, -0.1) is 0 Å². The van der Waals surface area contributed by atoms with E-state index in [1.807, 2.05) is 0 Å². The fourth-order valence-corrected chi connectivity index (χ4v) is 2.62. The molecule has 3 heterocycles. The molecule has 0 unspecified atom stereocenters. The fraction of sp³-hybridized carbons (Fsp3) is 0.125. The standard InChI is InChI=1S/C16H13Cl2N7O2/c1-8-6-10(14(26)19-2)22-16(21-8)23-15(27)11-7-12(18)24-25(11)13-9(17)4-3-5-20-13/h3-7H,1-2H3,(H,19,26)(H,21,22,23,27). The molecule has 0 aliphatic heterocycles. The SMILES string of the molecule is CNC(=O)c1cc(C)nc(NC(=O)c2cc(Cl)nn2-c2ncccc2Cl)n1. The van der Waals surface area contributed by atoms with E-state index in [4.69, 9.17) is 23.2 Å². The monoisotopic (exact) mass is 405 g/mol. The second kappa shape index (κ2) is 7.68. The maximum atomic E-state index is 12.7. The van der Waals surface area contributed by atoms with Crippen molar-refractivity contribution < 1.29 is 9.59 Å². The van der Waals surface area contributed by atoms with Crippen molar-refractivity contribution in [1.82, 2.24) is 30.0 Å². The van der Waals surface area contributed by atoms with Crippen LogP contribution in [0, 0.1) is 6.92 Å². The molecule has 0 saturated carbocycles. The summed E-state index contributed by atoms with van der Waals surface area (Å²) in [4.78, 5) is 36.8. The van der Waals surface area contributed by atoms with E-state index >= 15 is 0 Å². The zero-order valence-electron chi connectivity index (χ0n) is 14.2. The first-order valence-corrected chi connectivity index (χ1v) is 8.40. The third kappa shape index (κ3) is 4.04. The van der Waals surface area contributed by atoms with Gasteiger partial charge in [-0.3, -0.25) is 14.9 Å². The Morgan fingerprint density at radius 2 is 1.93 bits per heavy atom. The maximum Gasteiger partial charge on any atom is 0.276 e. The summed E-state index contributed by atoms with van der Waals surface area (Å²) in [6.07, 6.45) is 1.51. The van der Waals surface area contributed by atoms with E-state index < -0.39 is 11.8 Å². The van der Waals surface area contributed by atoms with E-state index in [1.165, 1.54) is 30.1 Å². The van der Waals surface area contributed by atoms with Crippen LogP contribution in [0.1, 0.15) is 26.7 Å². The second-order valence-corrected chi connectivity index (χ2v) is 6.12. The lowest BCUT2D eigenvalue weighted by atomic mass is 10.3. The molecule has 0 aliphatic rings. The van der Waals surface area contributed by atoms with Gasteiger partial charge in [-0.1, -0.05) is 23.2 Å². The van der Waals surface area contributed by atoms with Gasteiger partial charge in [0, 0.05) is 25.0 Å². The Kier molecular flexibility index (Phi) is 5.33. The van der Waals surface area contributed by atoms with Gasteiger partial charge in [-0.2, -0.15) is 5.10 Å². The highest BCUT2D eigenvalue weighted by Gasteiger charge is 2.20. The Labute approximate surface area is 163 Å². The number of halogens is 2. The van der Waals surface area contributed by atoms with Crippen LogP contribution in [0.15, 0.2) is 30.5 Å². The number of nitrogens with zero attached hydrogens (tertiary/aromatic N) is 5. The fourth-order valence-electron chi connectivity index (χ4n) is 2.24. The number of anilines is 1. The molecule has 2 N–H and O–H groups in total. The van der Waals surface area contributed by atoms with E-state index in [9.17, 15) is 9.59 Å². The van der Waals surface area contributed by atoms with Gasteiger partial charge in [-0.05, 0) is 25.1 Å². The maximum absolute atomic E-state index is 12.7. The van der Waals surface area contributed by atoms with Crippen LogP contribution >= 0.6 is 23.2 Å². The summed E-state index contributed by atoms with van der Waals surface area (Å²) in [5.41, 5.74) is 0.713. The van der Waals surface area contributed by atoms with Crippen LogP contribution in [0.25, 0.3) is 5.82 Å². The molecule has 3 aromatic rings. The van der Waals surface area contributed by atoms with Crippen molar-refractivity contribution in [2.75, 3.05) is 12.4 Å². The van der Waals surface area contributed by atoms with Crippen molar-refractivity contribution in [3.05, 3.63) is 57.7 Å². The van der Waals surface area contributed by atoms with E-state index in [2.05, 4.69) is 30.7 Å². The third-order valence-electron chi connectivity index (χ3n) is 3.39. The quantitative estimate of drug-likeness (QED) is 0.687. The molecule has 0 radical (unpaired) electrons. The third-order valence-corrected chi connectivity index (χ3v) is 3.87. The van der Waals surface area contributed by atoms with Crippen LogP contribution in [0.2, 0.25) is 10.2 Å². The van der Waals surface area contributed by atoms with Crippen LogP contribution in [0.4, 0.5) is 5.95 Å². The number of rotatable bonds is 4. The normalized spacial score (nSPS) is 10.5. The first kappa shape index (κ1) is 18.7. The van der Waals surface area contributed by atoms with Gasteiger partial charge in [0.25, 0.3) is 11.8 Å². The van der Waals surface area contributed by atoms with Crippen molar-refractivity contribution in [2.45, 2.75) is 6.92 Å². The van der Waals surface area contributed by atoms with Gasteiger partial charge in [0.05, 0.1) is 5.02 Å². The minimum absolute atomic E-state index is 0.0328. The summed E-state index contributed by atoms with van der Waals surface area (Å²) >= 11 is 12.1. The first-order chi connectivity index (χ1) is 12.9. The molecule has 0 saturated heterocycles. The number of carbonyl (C=O) groups excluding carboxylic acids is 2. The molecule has 2 amide bonds. The zero-order chi connectivity index (χ0) is 19.6. The molecule has 11 heteroatoms. The van der Waals surface area contributed by atoms with Crippen molar-refractivity contribution in [1.29, 1.82) is 0 Å². The lowest BCUT2D eigenvalue weighted by Crippen LogP contribution is -2.23. The Balaban J connectivity index is 1.96. The van der Waals surface area contributed by atoms with Crippen LogP contribution in [-0.4, -0.2) is 43.6 Å². The Bertz CT molecular complexity index is 1040. The van der Waals surface area contributed by atoms with Gasteiger partial charge in [0.1, 0.15) is 11.4 Å². The van der Waals surface area contributed by atoms with Crippen LogP contribution in [0.5, 0.6) is 0 Å². The predicted octanol–water partition coefficient (Wildman–Crippen LogP) is 2.28. The summed E-state index contributed by atoms with van der Waals surface area (Å²) in [5.74, 6) is -0.782. The molecule has 0 fully saturated rings. The Hall–Kier alpha value is -3.04. The van der Waals surface area contributed by atoms with Crippen LogP contribution < -0.4 is 10.6 Å². The number of hydrogen-bond donors (Lipinski definition) is 2. The van der Waals surface area contributed by atoms with E-state index in [0.29, 0.717) is 10.7 Å². The minimum Gasteiger partial charge on any atom is -0.354 e. The molecule has 9 nitrogen and oxygen atoms in total. The summed E-state index contributed by atoms with van der Waals surface area (Å²) in [6.45, 7) is 1.68. The number of hydrogen-bond acceptors (Lipinski definition) is 6. The van der Waals surface area contributed by atoms with E-state index in [0.717, 1.165) is 0 Å². The Morgan fingerprint density at radius 3 is 2.63 bits per heavy atom. The zero-order valence-corrected chi connectivity index (χ0v) is 15.7. The number of aromatic nitrogens is 5. The lowest BCUT2D eigenvalue weighted by Gasteiger charge is -2.09. The predicted molar refractivity (Wildman–Crippen MR) is 99.5 cm³/mol. The molecule has 0 atom stereocenters. The average molecular weight is 406 g/mol. The summed E-state index contributed by atoms with van der Waals surface area (Å²) in [6, 6.07) is 6.12. The van der Waals surface area contributed by atoms with Gasteiger partial charge in [0.2, 0.25) is 5.95 Å². The summed E-state index contributed by atoms with van der Waals surface area (Å²) < 4.78 is 1.22. The highest BCUT2D eigenvalue weighted by Crippen LogP contribution is 2.21. The first-order valence-electron chi connectivity index (χ1n) is 7.64. The van der Waals surface area contributed by atoms with Crippen molar-refractivity contribution >= 4 is 41.0 Å². The molecule has 27 heavy (non-hydrogen) atoms. The van der Waals surface area contributed by atoms with Gasteiger partial charge >= 0.3 is 0 Å². The minimum atomic E-state index is -0.593. The summed E-state index contributed by atoms with van der Waals surface area (Å²) in [7, 11) is 1.48. The van der Waals surface area contributed by atoms with Gasteiger partial charge < -0.3 is 5.32 Å². The van der Waals surface area contributed by atoms with Gasteiger partial charge in [0.15, 0.2) is 11.0 Å². The largest absolute Gasteiger partial charge is 0.354 e. The molecule has 0 aromatic carbocycles. The number of pyridine rings is 1. The molecular weight excluding hydrogens is 393 g/mol. The van der Waals surface area contributed by atoms with E-state index in [1.54, 1.807) is 19.1 Å². The molecule has 0 aliphatic carbocycles. The molecule has 3 rings (SSSR count). The average Bonchev–Trinajstić information content (AvgIpc) is 3.02. The van der Waals surface area contributed by atoms with Gasteiger partial charge in [-0.25, -0.2) is 19.6 Å². The molecule has 0 spiro atoms. The topological polar surface area (TPSA) is 115 Å². The number of nitrogens with one attached hydrogen (secondary N) is 2. The lowest BCUT2D eigenvalue weighted by molar-refractivity contribution is 0.0955. The van der Waals surface area contributed by atoms with Crippen LogP contribution in [-0.2, 0) is 0 Å². The second-order valence-electron chi connectivity index (χ2n) is 5.32. The Morgan fingerprint density at radius 1 is 1.15 bits per heavy atom. The van der Waals surface area contributed by atoms with E-state index in [-0.39, 0.29) is 28.3 Å². The van der Waals surface area contributed by atoms with Crippen molar-refractivity contribution in [3.63, 3.8) is 0 Å². The summed E-state index contributed by atoms with van der Waals surface area (Å²) in [5, 5.41) is 9.42. The molecule has 0 bridgehead atoms. The molecular formula is C16H13Cl2N7O2. The van der Waals surface area contributed by atoms with Crippen LogP contribution in [0.3, 0.4) is 0 Å². The van der Waals surface area contributed by atoms with Crippen molar-refractivity contribution in [2.24, 2.45) is 0 Å². The highest BCUT2D eigenvalue weighted by atomic mass is 35.5. The van der Waals surface area contributed by atoms with Crippen molar-refractivity contribution in [3.8, 4) is 5.82 Å². The number of amides is 2. The number of aryl methyl sites for hydroxylation is 1. The molecule has 138 valence electrons. The highest BCUT2D eigenvalue weighted by molar-refractivity contribution is 6.32. The smallest absolute Gasteiger partial charge is 0.276 e. The molecule has 3 aromatic heterocycles. The number of carbonyl (C=O) groups is 2.